The van der Waals surface area contributed by atoms with Crippen LogP contribution in [-0.4, -0.2) is 23.7 Å². The number of methoxy groups -OCH3 is 1. The molecule has 0 saturated heterocycles. The maximum Gasteiger partial charge on any atom is 0.431 e. The van der Waals surface area contributed by atoms with Crippen molar-refractivity contribution >= 4 is 18.4 Å². The lowest BCUT2D eigenvalue weighted by molar-refractivity contribution is -0.144. The molecule has 1 aromatic carbocycles. The lowest BCUT2D eigenvalue weighted by atomic mass is 9.98. The molecule has 5 nitrogen and oxygen atoms in total. The molecule has 0 radical (unpaired) electrons. The Kier molecular flexibility index (Phi) is 7.22. The number of nitrogens with two attached hydrogens (primary N) is 1. The lowest BCUT2D eigenvalue weighted by Crippen LogP contribution is -2.33. The van der Waals surface area contributed by atoms with Crippen LogP contribution in [0.3, 0.4) is 0 Å². The van der Waals surface area contributed by atoms with Crippen molar-refractivity contribution in [1.82, 2.24) is 4.57 Å². The van der Waals surface area contributed by atoms with E-state index in [0.717, 1.165) is 18.7 Å². The van der Waals surface area contributed by atoms with Gasteiger partial charge in [-0.3, -0.25) is 9.59 Å². The molecule has 27 heavy (non-hydrogen) atoms. The number of carbonyl (C=O) groups is 1. The monoisotopic (exact) mass is 404 g/mol. The van der Waals surface area contributed by atoms with Crippen LogP contribution >= 0.6 is 12.4 Å². The Bertz CT molecular complexity index is 877. The fraction of sp³-hybridized carbons (Fsp3) is 0.333. The highest BCUT2D eigenvalue weighted by Crippen LogP contribution is 2.31. The molecule has 0 aliphatic carbocycles. The highest BCUT2D eigenvalue weighted by atomic mass is 35.5. The van der Waals surface area contributed by atoms with Crippen molar-refractivity contribution in [2.75, 3.05) is 7.11 Å². The highest BCUT2D eigenvalue weighted by molar-refractivity contribution is 5.85. The highest BCUT2D eigenvalue weighted by Gasteiger charge is 2.34. The second-order valence-corrected chi connectivity index (χ2v) is 5.98. The van der Waals surface area contributed by atoms with Crippen LogP contribution < -0.4 is 11.3 Å². The molecule has 0 aliphatic heterocycles. The third-order valence-electron chi connectivity index (χ3n) is 4.12. The number of pyridine rings is 1. The Labute approximate surface area is 160 Å². The SMILES string of the molecule is COC(=O)[C@@H](N)Cc1ccc(-c2c(C)cc(C(F)(F)F)n(C)c2=O)cc1.Cl. The zero-order chi connectivity index (χ0) is 19.6. The van der Waals surface area contributed by atoms with Crippen molar-refractivity contribution in [2.24, 2.45) is 12.8 Å². The van der Waals surface area contributed by atoms with Gasteiger partial charge in [0.15, 0.2) is 0 Å². The first kappa shape index (κ1) is 22.7. The van der Waals surface area contributed by atoms with Gasteiger partial charge in [-0.2, -0.15) is 13.2 Å². The van der Waals surface area contributed by atoms with Gasteiger partial charge < -0.3 is 15.0 Å². The number of carbonyl (C=O) groups excluding carboxylic acids is 1. The van der Waals surface area contributed by atoms with Crippen LogP contribution in [0.1, 0.15) is 16.8 Å². The van der Waals surface area contributed by atoms with Crippen molar-refractivity contribution in [3.05, 3.63) is 57.5 Å². The normalized spacial score (nSPS) is 12.3. The maximum absolute atomic E-state index is 13.0. The van der Waals surface area contributed by atoms with Gasteiger partial charge in [-0.05, 0) is 36.1 Å². The smallest absolute Gasteiger partial charge is 0.431 e. The molecular weight excluding hydrogens is 385 g/mol. The first-order valence-electron chi connectivity index (χ1n) is 7.76. The average Bonchev–Trinajstić information content (AvgIpc) is 2.57. The summed E-state index contributed by atoms with van der Waals surface area (Å²) >= 11 is 0. The zero-order valence-corrected chi connectivity index (χ0v) is 15.8. The molecule has 1 atom stereocenters. The van der Waals surface area contributed by atoms with Gasteiger partial charge >= 0.3 is 12.1 Å². The van der Waals surface area contributed by atoms with Gasteiger partial charge in [0.2, 0.25) is 0 Å². The minimum absolute atomic E-state index is 0. The minimum Gasteiger partial charge on any atom is -0.468 e. The zero-order valence-electron chi connectivity index (χ0n) is 15.0. The molecule has 2 N–H and O–H groups in total. The van der Waals surface area contributed by atoms with Crippen molar-refractivity contribution in [1.29, 1.82) is 0 Å². The minimum atomic E-state index is -4.61. The molecule has 0 amide bonds. The standard InChI is InChI=1S/C18H19F3N2O3.ClH/c1-10-8-14(18(19,20)21)23(2)16(24)15(10)12-6-4-11(5-7-12)9-13(22)17(25)26-3;/h4-8,13H,9,22H2,1-3H3;1H/t13-;/m0./s1. The van der Waals surface area contributed by atoms with E-state index < -0.39 is 29.4 Å². The number of nitrogens with zero attached hydrogens (tertiary/aromatic N) is 1. The summed E-state index contributed by atoms with van der Waals surface area (Å²) in [4.78, 5) is 23.8. The predicted octanol–water partition coefficient (Wildman–Crippen LogP) is 2.84. The molecule has 2 aromatic rings. The van der Waals surface area contributed by atoms with Crippen LogP contribution in [-0.2, 0) is 29.2 Å². The van der Waals surface area contributed by atoms with Crippen LogP contribution in [0, 0.1) is 6.92 Å². The van der Waals surface area contributed by atoms with Crippen LogP contribution in [0.4, 0.5) is 13.2 Å². The van der Waals surface area contributed by atoms with Gasteiger partial charge in [0.1, 0.15) is 11.7 Å². The van der Waals surface area contributed by atoms with Gasteiger partial charge in [0, 0.05) is 7.05 Å². The van der Waals surface area contributed by atoms with E-state index in [1.807, 2.05) is 0 Å². The number of esters is 1. The summed E-state index contributed by atoms with van der Waals surface area (Å²) in [6.07, 6.45) is -4.36. The summed E-state index contributed by atoms with van der Waals surface area (Å²) in [6, 6.07) is 6.74. The Hall–Kier alpha value is -2.32. The molecular formula is C18H20ClF3N2O3. The van der Waals surface area contributed by atoms with Gasteiger partial charge in [-0.25, -0.2) is 0 Å². The molecule has 0 aliphatic rings. The second kappa shape index (κ2) is 8.58. The van der Waals surface area contributed by atoms with Gasteiger partial charge in [-0.1, -0.05) is 24.3 Å². The Morgan fingerprint density at radius 3 is 2.30 bits per heavy atom. The molecule has 0 unspecified atom stereocenters. The van der Waals surface area contributed by atoms with Gasteiger partial charge in [0.25, 0.3) is 5.56 Å². The number of halogens is 4. The van der Waals surface area contributed by atoms with Crippen molar-refractivity contribution < 1.29 is 22.7 Å². The number of benzene rings is 1. The van der Waals surface area contributed by atoms with Crippen LogP contribution in [0.25, 0.3) is 11.1 Å². The van der Waals surface area contributed by atoms with Crippen molar-refractivity contribution in [3.8, 4) is 11.1 Å². The Balaban J connectivity index is 0.00000364. The van der Waals surface area contributed by atoms with Gasteiger partial charge in [-0.15, -0.1) is 12.4 Å². The molecule has 1 heterocycles. The molecule has 9 heteroatoms. The van der Waals surface area contributed by atoms with Crippen LogP contribution in [0.5, 0.6) is 0 Å². The fourth-order valence-electron chi connectivity index (χ4n) is 2.74. The quantitative estimate of drug-likeness (QED) is 0.795. The topological polar surface area (TPSA) is 74.3 Å². The summed E-state index contributed by atoms with van der Waals surface area (Å²) in [5, 5.41) is 0. The van der Waals surface area contributed by atoms with Crippen LogP contribution in [0.2, 0.25) is 0 Å². The lowest BCUT2D eigenvalue weighted by Gasteiger charge is -2.16. The first-order valence-corrected chi connectivity index (χ1v) is 7.76. The van der Waals surface area contributed by atoms with E-state index in [1.54, 1.807) is 24.3 Å². The average molecular weight is 405 g/mol. The molecule has 1 aromatic heterocycles. The van der Waals surface area contributed by atoms with Gasteiger partial charge in [0.05, 0.1) is 12.7 Å². The number of aromatic nitrogens is 1. The summed E-state index contributed by atoms with van der Waals surface area (Å²) in [6.45, 7) is 1.47. The summed E-state index contributed by atoms with van der Waals surface area (Å²) < 4.78 is 44.2. The van der Waals surface area contributed by atoms with E-state index in [-0.39, 0.29) is 30.0 Å². The largest absolute Gasteiger partial charge is 0.468 e. The molecule has 0 bridgehead atoms. The van der Waals surface area contributed by atoms with E-state index in [4.69, 9.17) is 5.73 Å². The summed E-state index contributed by atoms with van der Waals surface area (Å²) in [7, 11) is 2.34. The first-order chi connectivity index (χ1) is 12.1. The number of rotatable bonds is 4. The van der Waals surface area contributed by atoms with Crippen molar-refractivity contribution in [3.63, 3.8) is 0 Å². The molecule has 0 saturated carbocycles. The van der Waals surface area contributed by atoms with E-state index in [1.165, 1.54) is 14.0 Å². The Morgan fingerprint density at radius 1 is 1.26 bits per heavy atom. The van der Waals surface area contributed by atoms with E-state index in [9.17, 15) is 22.8 Å². The molecule has 0 fully saturated rings. The van der Waals surface area contributed by atoms with Crippen molar-refractivity contribution in [2.45, 2.75) is 25.6 Å². The third-order valence-corrected chi connectivity index (χ3v) is 4.12. The molecule has 2 rings (SSSR count). The molecule has 148 valence electrons. The summed E-state index contributed by atoms with van der Waals surface area (Å²) in [5.74, 6) is -0.540. The van der Waals surface area contributed by atoms with Crippen LogP contribution in [0.15, 0.2) is 35.1 Å². The third kappa shape index (κ3) is 4.90. The summed E-state index contributed by atoms with van der Waals surface area (Å²) in [5.41, 5.74) is 5.65. The number of ether oxygens (including phenoxy) is 1. The second-order valence-electron chi connectivity index (χ2n) is 5.98. The van der Waals surface area contributed by atoms with E-state index in [0.29, 0.717) is 10.1 Å². The van der Waals surface area contributed by atoms with E-state index >= 15 is 0 Å². The maximum atomic E-state index is 13.0. The number of hydrogen-bond acceptors (Lipinski definition) is 4. The number of hydrogen-bond donors (Lipinski definition) is 1. The number of aryl methyl sites for hydroxylation is 1. The predicted molar refractivity (Wildman–Crippen MR) is 97.8 cm³/mol. The molecule has 0 spiro atoms. The fourth-order valence-corrected chi connectivity index (χ4v) is 2.74. The van der Waals surface area contributed by atoms with E-state index in [2.05, 4.69) is 4.74 Å². The Morgan fingerprint density at radius 2 is 1.81 bits per heavy atom. The number of alkyl halides is 3.